The van der Waals surface area contributed by atoms with E-state index in [-0.39, 0.29) is 0 Å². The number of ether oxygens (including phenoxy) is 2. The SMILES string of the molecule is COc1cc(CBr)cc(Br)c1OCc1cn(C)nn1. The molecule has 0 aliphatic rings. The van der Waals surface area contributed by atoms with Gasteiger partial charge in [0.2, 0.25) is 0 Å². The fourth-order valence-corrected chi connectivity index (χ4v) is 2.53. The van der Waals surface area contributed by atoms with Crippen LogP contribution in [0.25, 0.3) is 0 Å². The minimum absolute atomic E-state index is 0.344. The largest absolute Gasteiger partial charge is 0.493 e. The molecule has 2 aromatic rings. The molecule has 1 heterocycles. The molecule has 0 unspecified atom stereocenters. The Hall–Kier alpha value is -1.08. The average molecular weight is 391 g/mol. The normalized spacial score (nSPS) is 10.5. The lowest BCUT2D eigenvalue weighted by Gasteiger charge is -2.13. The summed E-state index contributed by atoms with van der Waals surface area (Å²) in [4.78, 5) is 0. The first-order chi connectivity index (χ1) is 9.13. The quantitative estimate of drug-likeness (QED) is 0.736. The Morgan fingerprint density at radius 1 is 1.37 bits per heavy atom. The van der Waals surface area contributed by atoms with Gasteiger partial charge in [-0.15, -0.1) is 5.10 Å². The summed E-state index contributed by atoms with van der Waals surface area (Å²) in [6.45, 7) is 0.344. The number of hydrogen-bond acceptors (Lipinski definition) is 4. The van der Waals surface area contributed by atoms with E-state index in [1.165, 1.54) is 0 Å². The number of methoxy groups -OCH3 is 1. The number of nitrogens with zero attached hydrogens (tertiary/aromatic N) is 3. The fourth-order valence-electron chi connectivity index (χ4n) is 1.60. The third-order valence-corrected chi connectivity index (χ3v) is 3.69. The van der Waals surface area contributed by atoms with E-state index in [1.54, 1.807) is 11.8 Å². The minimum Gasteiger partial charge on any atom is -0.493 e. The first-order valence-corrected chi connectivity index (χ1v) is 7.46. The third-order valence-electron chi connectivity index (χ3n) is 2.46. The van der Waals surface area contributed by atoms with E-state index in [0.717, 1.165) is 21.1 Å². The fraction of sp³-hybridized carbons (Fsp3) is 0.333. The van der Waals surface area contributed by atoms with E-state index in [9.17, 15) is 0 Å². The van der Waals surface area contributed by atoms with E-state index in [2.05, 4.69) is 42.2 Å². The summed E-state index contributed by atoms with van der Waals surface area (Å²) >= 11 is 6.91. The molecule has 0 amide bonds. The van der Waals surface area contributed by atoms with Crippen LogP contribution in [0.4, 0.5) is 0 Å². The van der Waals surface area contributed by atoms with Crippen LogP contribution in [0.15, 0.2) is 22.8 Å². The van der Waals surface area contributed by atoms with Gasteiger partial charge in [-0.25, -0.2) is 0 Å². The van der Waals surface area contributed by atoms with E-state index in [4.69, 9.17) is 9.47 Å². The van der Waals surface area contributed by atoms with Crippen molar-refractivity contribution in [1.29, 1.82) is 0 Å². The molecule has 102 valence electrons. The lowest BCUT2D eigenvalue weighted by molar-refractivity contribution is 0.278. The van der Waals surface area contributed by atoms with Crippen molar-refractivity contribution in [2.45, 2.75) is 11.9 Å². The van der Waals surface area contributed by atoms with E-state index >= 15 is 0 Å². The molecule has 0 radical (unpaired) electrons. The van der Waals surface area contributed by atoms with Gasteiger partial charge in [0.05, 0.1) is 17.8 Å². The number of aryl methyl sites for hydroxylation is 1. The van der Waals surface area contributed by atoms with Crippen molar-refractivity contribution >= 4 is 31.9 Å². The summed E-state index contributed by atoms with van der Waals surface area (Å²) in [5.74, 6) is 1.35. The molecule has 0 N–H and O–H groups in total. The predicted octanol–water partition coefficient (Wildman–Crippen LogP) is 3.06. The second-order valence-corrected chi connectivity index (χ2v) is 5.33. The molecule has 19 heavy (non-hydrogen) atoms. The maximum absolute atomic E-state index is 5.75. The Morgan fingerprint density at radius 2 is 2.16 bits per heavy atom. The second-order valence-electron chi connectivity index (χ2n) is 3.91. The van der Waals surface area contributed by atoms with Crippen molar-refractivity contribution in [1.82, 2.24) is 15.0 Å². The molecular weight excluding hydrogens is 378 g/mol. The van der Waals surface area contributed by atoms with Gasteiger partial charge in [-0.1, -0.05) is 21.1 Å². The highest BCUT2D eigenvalue weighted by Crippen LogP contribution is 2.37. The molecular formula is C12H13Br2N3O2. The molecule has 5 nitrogen and oxygen atoms in total. The van der Waals surface area contributed by atoms with Crippen LogP contribution in [0.1, 0.15) is 11.3 Å². The van der Waals surface area contributed by atoms with E-state index in [0.29, 0.717) is 18.1 Å². The van der Waals surface area contributed by atoms with Gasteiger partial charge in [0.15, 0.2) is 11.5 Å². The zero-order valence-electron chi connectivity index (χ0n) is 10.6. The molecule has 0 saturated heterocycles. The second kappa shape index (κ2) is 6.38. The summed E-state index contributed by atoms with van der Waals surface area (Å²) in [7, 11) is 3.44. The first-order valence-electron chi connectivity index (χ1n) is 5.54. The zero-order valence-corrected chi connectivity index (χ0v) is 13.7. The molecule has 0 saturated carbocycles. The average Bonchev–Trinajstić information content (AvgIpc) is 2.82. The molecule has 1 aromatic heterocycles. The molecule has 7 heteroatoms. The van der Waals surface area contributed by atoms with Gasteiger partial charge in [0.1, 0.15) is 12.3 Å². The highest BCUT2D eigenvalue weighted by molar-refractivity contribution is 9.10. The topological polar surface area (TPSA) is 49.2 Å². The van der Waals surface area contributed by atoms with Crippen molar-refractivity contribution in [3.8, 4) is 11.5 Å². The number of alkyl halides is 1. The standard InChI is InChI=1S/C12H13Br2N3O2/c1-17-6-9(15-16-17)7-19-12-10(14)3-8(5-13)4-11(12)18-2/h3-4,6H,5,7H2,1-2H3. The van der Waals surface area contributed by atoms with Crippen LogP contribution in [0, 0.1) is 0 Å². The van der Waals surface area contributed by atoms with Crippen LogP contribution < -0.4 is 9.47 Å². The van der Waals surface area contributed by atoms with Crippen LogP contribution in [0.2, 0.25) is 0 Å². The molecule has 0 bridgehead atoms. The Kier molecular flexibility index (Phi) is 4.81. The van der Waals surface area contributed by atoms with E-state index < -0.39 is 0 Å². The summed E-state index contributed by atoms with van der Waals surface area (Å²) in [6.07, 6.45) is 1.81. The smallest absolute Gasteiger partial charge is 0.175 e. The molecule has 0 spiro atoms. The van der Waals surface area contributed by atoms with Crippen LogP contribution in [-0.2, 0) is 19.0 Å². The van der Waals surface area contributed by atoms with Crippen LogP contribution >= 0.6 is 31.9 Å². The Morgan fingerprint density at radius 3 is 2.74 bits per heavy atom. The van der Waals surface area contributed by atoms with Gasteiger partial charge in [0, 0.05) is 12.4 Å². The summed E-state index contributed by atoms with van der Waals surface area (Å²) in [5, 5.41) is 8.59. The lowest BCUT2D eigenvalue weighted by Crippen LogP contribution is -1.99. The highest BCUT2D eigenvalue weighted by atomic mass is 79.9. The van der Waals surface area contributed by atoms with Gasteiger partial charge < -0.3 is 9.47 Å². The molecule has 2 rings (SSSR count). The van der Waals surface area contributed by atoms with Gasteiger partial charge in [-0.3, -0.25) is 4.68 Å². The molecule has 1 aromatic carbocycles. The van der Waals surface area contributed by atoms with Gasteiger partial charge in [0.25, 0.3) is 0 Å². The van der Waals surface area contributed by atoms with Crippen molar-refractivity contribution in [3.05, 3.63) is 34.1 Å². The van der Waals surface area contributed by atoms with Gasteiger partial charge in [-0.05, 0) is 33.6 Å². The Labute approximate surface area is 128 Å². The van der Waals surface area contributed by atoms with Crippen molar-refractivity contribution in [2.24, 2.45) is 7.05 Å². The monoisotopic (exact) mass is 389 g/mol. The van der Waals surface area contributed by atoms with Crippen LogP contribution in [-0.4, -0.2) is 22.1 Å². The maximum atomic E-state index is 5.75. The highest BCUT2D eigenvalue weighted by Gasteiger charge is 2.12. The predicted molar refractivity (Wildman–Crippen MR) is 78.7 cm³/mol. The number of rotatable bonds is 5. The van der Waals surface area contributed by atoms with Crippen molar-refractivity contribution < 1.29 is 9.47 Å². The zero-order chi connectivity index (χ0) is 13.8. The van der Waals surface area contributed by atoms with Gasteiger partial charge >= 0.3 is 0 Å². The number of hydrogen-bond donors (Lipinski definition) is 0. The third kappa shape index (κ3) is 3.48. The lowest BCUT2D eigenvalue weighted by atomic mass is 10.2. The summed E-state index contributed by atoms with van der Waals surface area (Å²) in [6, 6.07) is 3.93. The molecule has 0 aliphatic carbocycles. The minimum atomic E-state index is 0.344. The van der Waals surface area contributed by atoms with Crippen molar-refractivity contribution in [3.63, 3.8) is 0 Å². The maximum Gasteiger partial charge on any atom is 0.175 e. The molecule has 0 aliphatic heterocycles. The van der Waals surface area contributed by atoms with Gasteiger partial charge in [-0.2, -0.15) is 0 Å². The number of halogens is 2. The molecule has 0 fully saturated rings. The van der Waals surface area contributed by atoms with Crippen LogP contribution in [0.5, 0.6) is 11.5 Å². The van der Waals surface area contributed by atoms with E-state index in [1.807, 2.05) is 25.4 Å². The van der Waals surface area contributed by atoms with Crippen molar-refractivity contribution in [2.75, 3.05) is 7.11 Å². The summed E-state index contributed by atoms with van der Waals surface area (Å²) < 4.78 is 13.6. The number of aromatic nitrogens is 3. The summed E-state index contributed by atoms with van der Waals surface area (Å²) in [5.41, 5.74) is 1.87. The number of benzene rings is 1. The Bertz CT molecular complexity index is 572. The van der Waals surface area contributed by atoms with Crippen LogP contribution in [0.3, 0.4) is 0 Å². The molecule has 0 atom stereocenters. The first kappa shape index (κ1) is 14.3. The Balaban J connectivity index is 2.19.